The highest BCUT2D eigenvalue weighted by atomic mass is 35.7. The van der Waals surface area contributed by atoms with Crippen LogP contribution in [0.4, 0.5) is 0 Å². The van der Waals surface area contributed by atoms with Gasteiger partial charge in [0, 0.05) is 10.7 Å². The second-order valence-corrected chi connectivity index (χ2v) is 9.00. The van der Waals surface area contributed by atoms with E-state index in [-0.39, 0.29) is 9.79 Å². The van der Waals surface area contributed by atoms with Crippen LogP contribution in [0.2, 0.25) is 0 Å². The van der Waals surface area contributed by atoms with Gasteiger partial charge in [0.15, 0.2) is 9.84 Å². The SMILES string of the molecule is Cc1ccc(S(=O)(=O)C(C)C)cc1S(=O)(=O)Cl. The Kier molecular flexibility index (Phi) is 3.91. The maximum absolute atomic E-state index is 11.9. The monoisotopic (exact) mass is 296 g/mol. The molecule has 1 aromatic carbocycles. The minimum Gasteiger partial charge on any atom is -0.223 e. The summed E-state index contributed by atoms with van der Waals surface area (Å²) >= 11 is 0. The third-order valence-corrected chi connectivity index (χ3v) is 5.99. The molecule has 7 heteroatoms. The topological polar surface area (TPSA) is 68.3 Å². The van der Waals surface area contributed by atoms with Crippen molar-refractivity contribution in [3.05, 3.63) is 23.8 Å². The predicted octanol–water partition coefficient (Wildman–Crippen LogP) is 2.10. The summed E-state index contributed by atoms with van der Waals surface area (Å²) in [5, 5.41) is -0.615. The van der Waals surface area contributed by atoms with Crippen LogP contribution in [0.15, 0.2) is 28.0 Å². The molecule has 0 aliphatic carbocycles. The minimum absolute atomic E-state index is 0.0303. The smallest absolute Gasteiger partial charge is 0.223 e. The van der Waals surface area contributed by atoms with E-state index in [0.717, 1.165) is 6.07 Å². The van der Waals surface area contributed by atoms with Crippen molar-refractivity contribution in [3.8, 4) is 0 Å². The van der Waals surface area contributed by atoms with Gasteiger partial charge in [0.1, 0.15) is 0 Å². The summed E-state index contributed by atoms with van der Waals surface area (Å²) in [6, 6.07) is 3.92. The van der Waals surface area contributed by atoms with Gasteiger partial charge in [-0.2, -0.15) is 0 Å². The highest BCUT2D eigenvalue weighted by Gasteiger charge is 2.22. The number of halogens is 1. The van der Waals surface area contributed by atoms with Gasteiger partial charge in [-0.25, -0.2) is 16.8 Å². The van der Waals surface area contributed by atoms with Gasteiger partial charge in [-0.15, -0.1) is 0 Å². The van der Waals surface area contributed by atoms with Crippen molar-refractivity contribution in [2.75, 3.05) is 0 Å². The van der Waals surface area contributed by atoms with Gasteiger partial charge in [0.05, 0.1) is 15.0 Å². The van der Waals surface area contributed by atoms with Gasteiger partial charge in [0.2, 0.25) is 0 Å². The van der Waals surface area contributed by atoms with Crippen molar-refractivity contribution in [2.24, 2.45) is 0 Å². The van der Waals surface area contributed by atoms with E-state index in [1.54, 1.807) is 6.92 Å². The third kappa shape index (κ3) is 3.00. The molecule has 0 saturated carbocycles. The molecule has 0 heterocycles. The highest BCUT2D eigenvalue weighted by Crippen LogP contribution is 2.25. The standard InChI is InChI=1S/C10H13ClO4S2/c1-7(2)16(12,13)9-5-4-8(3)10(6-9)17(11,14)15/h4-7H,1-3H3. The normalized spacial score (nSPS) is 13.0. The molecular weight excluding hydrogens is 284 g/mol. The highest BCUT2D eigenvalue weighted by molar-refractivity contribution is 8.13. The number of aryl methyl sites for hydroxylation is 1. The number of sulfone groups is 1. The van der Waals surface area contributed by atoms with Crippen LogP contribution in [0.25, 0.3) is 0 Å². The molecule has 1 rings (SSSR count). The van der Waals surface area contributed by atoms with Gasteiger partial charge >= 0.3 is 0 Å². The average Bonchev–Trinajstić information content (AvgIpc) is 2.15. The second kappa shape index (κ2) is 4.59. The van der Waals surface area contributed by atoms with Crippen molar-refractivity contribution in [1.82, 2.24) is 0 Å². The molecule has 0 aromatic heterocycles. The molecule has 0 spiro atoms. The number of rotatable bonds is 3. The van der Waals surface area contributed by atoms with Crippen LogP contribution >= 0.6 is 10.7 Å². The van der Waals surface area contributed by atoms with Crippen molar-refractivity contribution in [1.29, 1.82) is 0 Å². The quantitative estimate of drug-likeness (QED) is 0.801. The fourth-order valence-corrected chi connectivity index (χ4v) is 3.67. The summed E-state index contributed by atoms with van der Waals surface area (Å²) in [6.45, 7) is 4.62. The van der Waals surface area contributed by atoms with Crippen molar-refractivity contribution >= 4 is 29.6 Å². The lowest BCUT2D eigenvalue weighted by atomic mass is 10.2. The fraction of sp³-hybridized carbons (Fsp3) is 0.400. The molecule has 0 aliphatic heterocycles. The van der Waals surface area contributed by atoms with E-state index in [9.17, 15) is 16.8 Å². The molecule has 0 saturated heterocycles. The van der Waals surface area contributed by atoms with Gasteiger partial charge in [0.25, 0.3) is 9.05 Å². The van der Waals surface area contributed by atoms with Crippen LogP contribution in [0, 0.1) is 6.92 Å². The Morgan fingerprint density at radius 2 is 1.65 bits per heavy atom. The Balaban J connectivity index is 3.54. The van der Waals surface area contributed by atoms with Crippen LogP contribution in [0.1, 0.15) is 19.4 Å². The van der Waals surface area contributed by atoms with E-state index < -0.39 is 24.1 Å². The molecule has 0 radical (unpaired) electrons. The predicted molar refractivity (Wildman–Crippen MR) is 66.5 cm³/mol. The molecule has 0 amide bonds. The van der Waals surface area contributed by atoms with Crippen molar-refractivity contribution < 1.29 is 16.8 Å². The first kappa shape index (κ1) is 14.5. The first-order valence-electron chi connectivity index (χ1n) is 4.86. The maximum atomic E-state index is 11.9. The van der Waals surface area contributed by atoms with E-state index in [1.807, 2.05) is 0 Å². The van der Waals surface area contributed by atoms with E-state index >= 15 is 0 Å². The van der Waals surface area contributed by atoms with Crippen molar-refractivity contribution in [3.63, 3.8) is 0 Å². The summed E-state index contributed by atoms with van der Waals surface area (Å²) in [4.78, 5) is -0.196. The summed E-state index contributed by atoms with van der Waals surface area (Å²) in [5.41, 5.74) is 0.419. The van der Waals surface area contributed by atoms with Crippen molar-refractivity contribution in [2.45, 2.75) is 35.8 Å². The summed E-state index contributed by atoms with van der Waals surface area (Å²) < 4.78 is 46.3. The Labute approximate surface area is 106 Å². The molecule has 4 nitrogen and oxygen atoms in total. The molecule has 17 heavy (non-hydrogen) atoms. The number of hydrogen-bond acceptors (Lipinski definition) is 4. The molecule has 0 atom stereocenters. The minimum atomic E-state index is -3.93. The molecular formula is C10H13ClO4S2. The Bertz CT molecular complexity index is 630. The van der Waals surface area contributed by atoms with Crippen LogP contribution < -0.4 is 0 Å². The molecule has 0 bridgehead atoms. The first-order valence-corrected chi connectivity index (χ1v) is 8.71. The largest absolute Gasteiger partial charge is 0.261 e. The molecule has 1 aromatic rings. The Morgan fingerprint density at radius 1 is 1.12 bits per heavy atom. The van der Waals surface area contributed by atoms with E-state index in [2.05, 4.69) is 0 Å². The summed E-state index contributed by atoms with van der Waals surface area (Å²) in [7, 11) is -2.19. The van der Waals surface area contributed by atoms with Gasteiger partial charge in [-0.05, 0) is 38.5 Å². The van der Waals surface area contributed by atoms with Crippen LogP contribution in [0.5, 0.6) is 0 Å². The average molecular weight is 297 g/mol. The molecule has 96 valence electrons. The number of hydrogen-bond donors (Lipinski definition) is 0. The molecule has 0 unspecified atom stereocenters. The van der Waals surface area contributed by atoms with Crippen LogP contribution in [-0.2, 0) is 18.9 Å². The molecule has 0 N–H and O–H groups in total. The Hall–Kier alpha value is -0.590. The first-order chi connectivity index (χ1) is 7.56. The number of benzene rings is 1. The van der Waals surface area contributed by atoms with Gasteiger partial charge < -0.3 is 0 Å². The van der Waals surface area contributed by atoms with Gasteiger partial charge in [-0.1, -0.05) is 6.07 Å². The fourth-order valence-electron chi connectivity index (χ4n) is 1.29. The molecule has 0 aliphatic rings. The lowest BCUT2D eigenvalue weighted by molar-refractivity contribution is 0.587. The second-order valence-electron chi connectivity index (χ2n) is 3.96. The summed E-state index contributed by atoms with van der Waals surface area (Å²) in [6.07, 6.45) is 0. The molecule has 0 fully saturated rings. The van der Waals surface area contributed by atoms with Gasteiger partial charge in [-0.3, -0.25) is 0 Å². The zero-order chi connectivity index (χ0) is 13.4. The van der Waals surface area contributed by atoms with Crippen LogP contribution in [0.3, 0.4) is 0 Å². The lowest BCUT2D eigenvalue weighted by Crippen LogP contribution is -2.14. The lowest BCUT2D eigenvalue weighted by Gasteiger charge is -2.10. The zero-order valence-corrected chi connectivity index (χ0v) is 12.0. The zero-order valence-electron chi connectivity index (χ0n) is 9.64. The van der Waals surface area contributed by atoms with Crippen LogP contribution in [-0.4, -0.2) is 22.1 Å². The van der Waals surface area contributed by atoms with E-state index in [4.69, 9.17) is 10.7 Å². The Morgan fingerprint density at radius 3 is 2.06 bits per heavy atom. The van der Waals surface area contributed by atoms with E-state index in [0.29, 0.717) is 5.56 Å². The van der Waals surface area contributed by atoms with E-state index in [1.165, 1.54) is 26.0 Å². The maximum Gasteiger partial charge on any atom is 0.261 e. The summed E-state index contributed by atoms with van der Waals surface area (Å²) in [5.74, 6) is 0. The third-order valence-electron chi connectivity index (χ3n) is 2.37.